The van der Waals surface area contributed by atoms with E-state index in [0.29, 0.717) is 19.4 Å². The second kappa shape index (κ2) is 7.24. The zero-order valence-electron chi connectivity index (χ0n) is 9.11. The van der Waals surface area contributed by atoms with E-state index >= 15 is 0 Å². The van der Waals surface area contributed by atoms with Gasteiger partial charge in [0.05, 0.1) is 3.79 Å². The summed E-state index contributed by atoms with van der Waals surface area (Å²) < 4.78 is 1.03. The third-order valence-electron chi connectivity index (χ3n) is 1.91. The molecule has 4 nitrogen and oxygen atoms in total. The molecule has 0 aliphatic carbocycles. The SMILES string of the molecule is NC(=O)CCCNC(=O)/C=C/c1csc(Br)c1. The number of carbonyl (C=O) groups excluding carboxylic acids is 2. The Morgan fingerprint density at radius 1 is 1.53 bits per heavy atom. The maximum atomic E-state index is 11.3. The maximum absolute atomic E-state index is 11.3. The number of hydrogen-bond acceptors (Lipinski definition) is 3. The summed E-state index contributed by atoms with van der Waals surface area (Å²) in [6.45, 7) is 0.458. The molecule has 1 heterocycles. The third kappa shape index (κ3) is 6.23. The standard InChI is InChI=1S/C11H13BrN2O2S/c12-9-6-8(7-17-9)3-4-11(16)14-5-1-2-10(13)15/h3-4,6-7H,1-2,5H2,(H2,13,15)(H,14,16)/b4-3+. The summed E-state index contributed by atoms with van der Waals surface area (Å²) in [4.78, 5) is 21.8. The van der Waals surface area contributed by atoms with Crippen LogP contribution in [-0.4, -0.2) is 18.4 Å². The summed E-state index contributed by atoms with van der Waals surface area (Å²) in [7, 11) is 0. The van der Waals surface area contributed by atoms with Crippen LogP contribution in [-0.2, 0) is 9.59 Å². The Hall–Kier alpha value is -1.14. The highest BCUT2D eigenvalue weighted by molar-refractivity contribution is 9.11. The Morgan fingerprint density at radius 2 is 2.29 bits per heavy atom. The maximum Gasteiger partial charge on any atom is 0.243 e. The fourth-order valence-electron chi connectivity index (χ4n) is 1.12. The minimum Gasteiger partial charge on any atom is -0.370 e. The number of halogens is 1. The number of thiophene rings is 1. The van der Waals surface area contributed by atoms with E-state index in [1.54, 1.807) is 17.4 Å². The van der Waals surface area contributed by atoms with Crippen molar-refractivity contribution in [3.05, 3.63) is 26.9 Å². The molecule has 0 unspecified atom stereocenters. The van der Waals surface area contributed by atoms with Crippen molar-refractivity contribution in [2.24, 2.45) is 5.73 Å². The molecule has 0 fully saturated rings. The molecule has 0 saturated carbocycles. The lowest BCUT2D eigenvalue weighted by atomic mass is 10.3. The smallest absolute Gasteiger partial charge is 0.243 e. The number of hydrogen-bond donors (Lipinski definition) is 2. The van der Waals surface area contributed by atoms with Crippen LogP contribution in [0.3, 0.4) is 0 Å². The first-order valence-corrected chi connectivity index (χ1v) is 6.73. The fourth-order valence-corrected chi connectivity index (χ4v) is 2.26. The van der Waals surface area contributed by atoms with Crippen molar-refractivity contribution in [3.63, 3.8) is 0 Å². The molecule has 0 bridgehead atoms. The molecule has 0 aromatic carbocycles. The summed E-state index contributed by atoms with van der Waals surface area (Å²) in [5, 5.41) is 4.62. The van der Waals surface area contributed by atoms with Crippen LogP contribution in [0, 0.1) is 0 Å². The van der Waals surface area contributed by atoms with Crippen LogP contribution in [0.15, 0.2) is 21.3 Å². The topological polar surface area (TPSA) is 72.2 Å². The van der Waals surface area contributed by atoms with E-state index in [4.69, 9.17) is 5.73 Å². The largest absolute Gasteiger partial charge is 0.370 e. The molecule has 0 aliphatic heterocycles. The number of amides is 2. The van der Waals surface area contributed by atoms with Crippen molar-refractivity contribution >= 4 is 45.2 Å². The van der Waals surface area contributed by atoms with Crippen molar-refractivity contribution in [2.45, 2.75) is 12.8 Å². The van der Waals surface area contributed by atoms with Gasteiger partial charge in [0.1, 0.15) is 0 Å². The Kier molecular flexibility index (Phi) is 5.93. The van der Waals surface area contributed by atoms with E-state index in [2.05, 4.69) is 21.2 Å². The van der Waals surface area contributed by atoms with Gasteiger partial charge >= 0.3 is 0 Å². The lowest BCUT2D eigenvalue weighted by Gasteiger charge is -1.99. The number of nitrogens with two attached hydrogens (primary N) is 1. The van der Waals surface area contributed by atoms with Crippen LogP contribution in [0.5, 0.6) is 0 Å². The highest BCUT2D eigenvalue weighted by Gasteiger charge is 1.98. The molecule has 3 N–H and O–H groups in total. The Labute approximate surface area is 112 Å². The van der Waals surface area contributed by atoms with E-state index < -0.39 is 0 Å². The minimum absolute atomic E-state index is 0.170. The molecule has 0 aliphatic rings. The molecule has 1 aromatic heterocycles. The minimum atomic E-state index is -0.349. The molecule has 2 amide bonds. The van der Waals surface area contributed by atoms with Gasteiger partial charge in [0, 0.05) is 19.0 Å². The van der Waals surface area contributed by atoms with Gasteiger partial charge in [-0.25, -0.2) is 0 Å². The molecular formula is C11H13BrN2O2S. The van der Waals surface area contributed by atoms with Crippen LogP contribution in [0.4, 0.5) is 0 Å². The monoisotopic (exact) mass is 316 g/mol. The van der Waals surface area contributed by atoms with Gasteiger partial charge in [0.2, 0.25) is 11.8 Å². The highest BCUT2D eigenvalue weighted by atomic mass is 79.9. The summed E-state index contributed by atoms with van der Waals surface area (Å²) in [6, 6.07) is 1.93. The first-order chi connectivity index (χ1) is 8.08. The molecular weight excluding hydrogens is 304 g/mol. The number of carbonyl (C=O) groups is 2. The van der Waals surface area contributed by atoms with Crippen LogP contribution < -0.4 is 11.1 Å². The summed E-state index contributed by atoms with van der Waals surface area (Å²) in [5.41, 5.74) is 5.96. The average Bonchev–Trinajstić information content (AvgIpc) is 2.67. The van der Waals surface area contributed by atoms with Crippen LogP contribution >= 0.6 is 27.3 Å². The van der Waals surface area contributed by atoms with Gasteiger partial charge in [-0.2, -0.15) is 0 Å². The molecule has 0 saturated heterocycles. The lowest BCUT2D eigenvalue weighted by molar-refractivity contribution is -0.119. The summed E-state index contributed by atoms with van der Waals surface area (Å²) >= 11 is 4.91. The van der Waals surface area contributed by atoms with Crippen molar-refractivity contribution in [3.8, 4) is 0 Å². The van der Waals surface area contributed by atoms with Gasteiger partial charge in [0.25, 0.3) is 0 Å². The Balaban J connectivity index is 2.25. The van der Waals surface area contributed by atoms with Gasteiger partial charge in [-0.05, 0) is 45.4 Å². The fraction of sp³-hybridized carbons (Fsp3) is 0.273. The van der Waals surface area contributed by atoms with Crippen molar-refractivity contribution in [2.75, 3.05) is 6.54 Å². The second-order valence-electron chi connectivity index (χ2n) is 3.38. The van der Waals surface area contributed by atoms with Crippen LogP contribution in [0.2, 0.25) is 0 Å². The van der Waals surface area contributed by atoms with Crippen molar-refractivity contribution < 1.29 is 9.59 Å². The predicted octanol–water partition coefficient (Wildman–Crippen LogP) is 1.91. The molecule has 1 rings (SSSR count). The van der Waals surface area contributed by atoms with Crippen LogP contribution in [0.1, 0.15) is 18.4 Å². The van der Waals surface area contributed by atoms with Crippen LogP contribution in [0.25, 0.3) is 6.08 Å². The molecule has 0 radical (unpaired) electrons. The normalized spacial score (nSPS) is 10.6. The van der Waals surface area contributed by atoms with Gasteiger partial charge in [-0.1, -0.05) is 0 Å². The number of nitrogens with one attached hydrogen (secondary N) is 1. The first-order valence-electron chi connectivity index (χ1n) is 5.06. The molecule has 6 heteroatoms. The first kappa shape index (κ1) is 13.9. The van der Waals surface area contributed by atoms with E-state index in [9.17, 15) is 9.59 Å². The van der Waals surface area contributed by atoms with Crippen molar-refractivity contribution in [1.82, 2.24) is 5.32 Å². The molecule has 17 heavy (non-hydrogen) atoms. The van der Waals surface area contributed by atoms with E-state index in [-0.39, 0.29) is 11.8 Å². The van der Waals surface area contributed by atoms with Gasteiger partial charge in [-0.3, -0.25) is 9.59 Å². The average molecular weight is 317 g/mol. The number of primary amides is 1. The number of rotatable bonds is 6. The van der Waals surface area contributed by atoms with E-state index in [0.717, 1.165) is 9.35 Å². The van der Waals surface area contributed by atoms with Gasteiger partial charge in [-0.15, -0.1) is 11.3 Å². The predicted molar refractivity (Wildman–Crippen MR) is 72.5 cm³/mol. The summed E-state index contributed by atoms with van der Waals surface area (Å²) in [5.74, 6) is -0.519. The van der Waals surface area contributed by atoms with E-state index in [1.807, 2.05) is 11.4 Å². The summed E-state index contributed by atoms with van der Waals surface area (Å²) in [6.07, 6.45) is 4.07. The zero-order chi connectivity index (χ0) is 12.7. The Morgan fingerprint density at radius 3 is 2.88 bits per heavy atom. The second-order valence-corrected chi connectivity index (χ2v) is 5.67. The van der Waals surface area contributed by atoms with Gasteiger partial charge in [0.15, 0.2) is 0 Å². The quantitative estimate of drug-likeness (QED) is 0.621. The zero-order valence-corrected chi connectivity index (χ0v) is 11.5. The molecule has 92 valence electrons. The van der Waals surface area contributed by atoms with Crippen molar-refractivity contribution in [1.29, 1.82) is 0 Å². The lowest BCUT2D eigenvalue weighted by Crippen LogP contribution is -2.23. The van der Waals surface area contributed by atoms with Gasteiger partial charge < -0.3 is 11.1 Å². The van der Waals surface area contributed by atoms with E-state index in [1.165, 1.54) is 6.08 Å². The molecule has 0 spiro atoms. The molecule has 1 aromatic rings. The highest BCUT2D eigenvalue weighted by Crippen LogP contribution is 2.21. The Bertz CT molecular complexity index is 429. The third-order valence-corrected chi connectivity index (χ3v) is 3.44. The molecule has 0 atom stereocenters.